The number of hydrogen-bond donors (Lipinski definition) is 1. The molecule has 0 aromatic carbocycles. The molecule has 5 heteroatoms. The molecule has 0 bridgehead atoms. The minimum absolute atomic E-state index is 0.270. The van der Waals surface area contributed by atoms with E-state index in [1.807, 2.05) is 12.1 Å². The van der Waals surface area contributed by atoms with Crippen LogP contribution < -0.4 is 10.1 Å². The lowest BCUT2D eigenvalue weighted by atomic mass is 9.91. The lowest BCUT2D eigenvalue weighted by molar-refractivity contribution is 0.0604. The van der Waals surface area contributed by atoms with E-state index in [4.69, 9.17) is 9.47 Å². The molecular formula is C14H23N3O2. The zero-order chi connectivity index (χ0) is 13.5. The van der Waals surface area contributed by atoms with E-state index in [1.165, 1.54) is 0 Å². The van der Waals surface area contributed by atoms with Crippen LogP contribution in [-0.4, -0.2) is 37.1 Å². The van der Waals surface area contributed by atoms with Crippen molar-refractivity contribution in [1.29, 1.82) is 0 Å². The third-order valence-electron chi connectivity index (χ3n) is 3.59. The molecule has 0 amide bonds. The molecule has 2 heterocycles. The van der Waals surface area contributed by atoms with E-state index in [0.29, 0.717) is 11.8 Å². The average Bonchev–Trinajstić information content (AvgIpc) is 2.48. The third-order valence-corrected chi connectivity index (χ3v) is 3.59. The Morgan fingerprint density at radius 1 is 1.37 bits per heavy atom. The SMILES string of the molecule is CCNC(CC1CCOCC1)c1ccc(OC)nn1. The fraction of sp³-hybridized carbons (Fsp3) is 0.714. The highest BCUT2D eigenvalue weighted by atomic mass is 16.5. The summed E-state index contributed by atoms with van der Waals surface area (Å²) < 4.78 is 10.5. The van der Waals surface area contributed by atoms with Crippen molar-refractivity contribution in [3.63, 3.8) is 0 Å². The molecule has 1 unspecified atom stereocenters. The predicted molar refractivity (Wildman–Crippen MR) is 73.2 cm³/mol. The van der Waals surface area contributed by atoms with E-state index in [1.54, 1.807) is 7.11 Å². The van der Waals surface area contributed by atoms with Gasteiger partial charge in [-0.3, -0.25) is 0 Å². The smallest absolute Gasteiger partial charge is 0.233 e. The van der Waals surface area contributed by atoms with Crippen LogP contribution in [0.15, 0.2) is 12.1 Å². The van der Waals surface area contributed by atoms with Crippen molar-refractivity contribution in [2.45, 2.75) is 32.2 Å². The minimum atomic E-state index is 0.270. The second-order valence-corrected chi connectivity index (χ2v) is 4.90. The number of nitrogens with one attached hydrogen (secondary N) is 1. The van der Waals surface area contributed by atoms with Gasteiger partial charge in [-0.05, 0) is 37.8 Å². The van der Waals surface area contributed by atoms with Gasteiger partial charge in [-0.1, -0.05) is 6.92 Å². The van der Waals surface area contributed by atoms with Crippen LogP contribution >= 0.6 is 0 Å². The van der Waals surface area contributed by atoms with Gasteiger partial charge < -0.3 is 14.8 Å². The summed E-state index contributed by atoms with van der Waals surface area (Å²) in [5.41, 5.74) is 0.995. The average molecular weight is 265 g/mol. The highest BCUT2D eigenvalue weighted by molar-refractivity contribution is 5.14. The number of nitrogens with zero attached hydrogens (tertiary/aromatic N) is 2. The van der Waals surface area contributed by atoms with E-state index in [0.717, 1.165) is 44.7 Å². The first-order chi connectivity index (χ1) is 9.33. The van der Waals surface area contributed by atoms with Crippen LogP contribution in [0.1, 0.15) is 37.9 Å². The zero-order valence-electron chi connectivity index (χ0n) is 11.8. The van der Waals surface area contributed by atoms with Gasteiger partial charge in [-0.2, -0.15) is 5.10 Å². The molecule has 1 fully saturated rings. The van der Waals surface area contributed by atoms with E-state index in [2.05, 4.69) is 22.4 Å². The van der Waals surface area contributed by atoms with Crippen molar-refractivity contribution in [3.05, 3.63) is 17.8 Å². The Kier molecular flexibility index (Phi) is 5.54. The number of ether oxygens (including phenoxy) is 2. The summed E-state index contributed by atoms with van der Waals surface area (Å²) in [7, 11) is 1.60. The molecule has 1 aromatic heterocycles. The Morgan fingerprint density at radius 2 is 2.16 bits per heavy atom. The minimum Gasteiger partial charge on any atom is -0.480 e. The monoisotopic (exact) mass is 265 g/mol. The molecule has 1 atom stereocenters. The zero-order valence-corrected chi connectivity index (χ0v) is 11.8. The van der Waals surface area contributed by atoms with Gasteiger partial charge >= 0.3 is 0 Å². The van der Waals surface area contributed by atoms with Crippen LogP contribution in [-0.2, 0) is 4.74 Å². The number of aromatic nitrogens is 2. The van der Waals surface area contributed by atoms with Gasteiger partial charge in [0, 0.05) is 19.3 Å². The Morgan fingerprint density at radius 3 is 2.74 bits per heavy atom. The summed E-state index contributed by atoms with van der Waals surface area (Å²) in [5, 5.41) is 11.8. The van der Waals surface area contributed by atoms with Crippen LogP contribution in [0.5, 0.6) is 5.88 Å². The standard InChI is InChI=1S/C14H23N3O2/c1-3-15-13(10-11-6-8-19-9-7-11)12-4-5-14(18-2)17-16-12/h4-5,11,13,15H,3,6-10H2,1-2H3. The topological polar surface area (TPSA) is 56.3 Å². The highest BCUT2D eigenvalue weighted by Gasteiger charge is 2.21. The lowest BCUT2D eigenvalue weighted by Gasteiger charge is -2.26. The van der Waals surface area contributed by atoms with Crippen LogP contribution in [0, 0.1) is 5.92 Å². The van der Waals surface area contributed by atoms with E-state index < -0.39 is 0 Å². The molecule has 0 aliphatic carbocycles. The van der Waals surface area contributed by atoms with Crippen LogP contribution in [0.3, 0.4) is 0 Å². The summed E-state index contributed by atoms with van der Waals surface area (Å²) in [5.74, 6) is 1.27. The maximum Gasteiger partial charge on any atom is 0.233 e. The predicted octanol–water partition coefficient (Wildman–Crippen LogP) is 1.95. The van der Waals surface area contributed by atoms with Gasteiger partial charge in [0.15, 0.2) is 0 Å². The summed E-state index contributed by atoms with van der Waals surface area (Å²) >= 11 is 0. The van der Waals surface area contributed by atoms with Crippen molar-refractivity contribution in [2.75, 3.05) is 26.9 Å². The van der Waals surface area contributed by atoms with Crippen molar-refractivity contribution >= 4 is 0 Å². The van der Waals surface area contributed by atoms with Gasteiger partial charge in [0.2, 0.25) is 5.88 Å². The highest BCUT2D eigenvalue weighted by Crippen LogP contribution is 2.26. The molecule has 1 aliphatic heterocycles. The number of rotatable bonds is 6. The van der Waals surface area contributed by atoms with Gasteiger partial charge in [0.25, 0.3) is 0 Å². The largest absolute Gasteiger partial charge is 0.480 e. The molecular weight excluding hydrogens is 242 g/mol. The van der Waals surface area contributed by atoms with Crippen molar-refractivity contribution in [1.82, 2.24) is 15.5 Å². The molecule has 1 saturated heterocycles. The molecule has 5 nitrogen and oxygen atoms in total. The fourth-order valence-corrected chi connectivity index (χ4v) is 2.50. The molecule has 1 aliphatic rings. The summed E-state index contributed by atoms with van der Waals surface area (Å²) in [6, 6.07) is 4.14. The second-order valence-electron chi connectivity index (χ2n) is 4.90. The molecule has 1 aromatic rings. The van der Waals surface area contributed by atoms with Crippen LogP contribution in [0.4, 0.5) is 0 Å². The Bertz CT molecular complexity index is 363. The number of methoxy groups -OCH3 is 1. The molecule has 0 spiro atoms. The van der Waals surface area contributed by atoms with Crippen molar-refractivity contribution in [3.8, 4) is 5.88 Å². The lowest BCUT2D eigenvalue weighted by Crippen LogP contribution is -2.27. The molecule has 2 rings (SSSR count). The summed E-state index contributed by atoms with van der Waals surface area (Å²) in [6.45, 7) is 4.82. The Hall–Kier alpha value is -1.20. The van der Waals surface area contributed by atoms with E-state index in [-0.39, 0.29) is 6.04 Å². The van der Waals surface area contributed by atoms with Gasteiger partial charge in [-0.15, -0.1) is 5.10 Å². The quantitative estimate of drug-likeness (QED) is 0.852. The van der Waals surface area contributed by atoms with Crippen molar-refractivity contribution < 1.29 is 9.47 Å². The number of hydrogen-bond acceptors (Lipinski definition) is 5. The van der Waals surface area contributed by atoms with Gasteiger partial charge in [0.05, 0.1) is 18.8 Å². The maximum atomic E-state index is 5.41. The molecule has 0 saturated carbocycles. The molecule has 19 heavy (non-hydrogen) atoms. The van der Waals surface area contributed by atoms with E-state index in [9.17, 15) is 0 Å². The van der Waals surface area contributed by atoms with Crippen molar-refractivity contribution in [2.24, 2.45) is 5.92 Å². The van der Waals surface area contributed by atoms with Gasteiger partial charge in [-0.25, -0.2) is 0 Å². The normalized spacial score (nSPS) is 18.2. The first-order valence-corrected chi connectivity index (χ1v) is 7.02. The fourth-order valence-electron chi connectivity index (χ4n) is 2.50. The molecule has 1 N–H and O–H groups in total. The first kappa shape index (κ1) is 14.2. The second kappa shape index (κ2) is 7.40. The van der Waals surface area contributed by atoms with Crippen LogP contribution in [0.25, 0.3) is 0 Å². The maximum absolute atomic E-state index is 5.41. The first-order valence-electron chi connectivity index (χ1n) is 7.02. The molecule has 0 radical (unpaired) electrons. The Labute approximate surface area is 114 Å². The summed E-state index contributed by atoms with van der Waals surface area (Å²) in [6.07, 6.45) is 3.38. The van der Waals surface area contributed by atoms with Gasteiger partial charge in [0.1, 0.15) is 0 Å². The van der Waals surface area contributed by atoms with E-state index >= 15 is 0 Å². The van der Waals surface area contributed by atoms with Crippen LogP contribution in [0.2, 0.25) is 0 Å². The Balaban J connectivity index is 2.00. The third kappa shape index (κ3) is 4.14. The summed E-state index contributed by atoms with van der Waals surface area (Å²) in [4.78, 5) is 0. The molecule has 106 valence electrons.